The Morgan fingerprint density at radius 3 is 2.65 bits per heavy atom. The summed E-state index contributed by atoms with van der Waals surface area (Å²) in [6.45, 7) is 1.96. The zero-order valence-electron chi connectivity index (χ0n) is 10.6. The molecule has 0 fully saturated rings. The molecule has 2 aromatic carbocycles. The smallest absolute Gasteiger partial charge is 0.259 e. The highest BCUT2D eigenvalue weighted by Gasteiger charge is 2.10. The molecule has 100 valence electrons. The lowest BCUT2D eigenvalue weighted by Crippen LogP contribution is -2.07. The number of benzene rings is 2. The molecule has 0 saturated heterocycles. The molecule has 0 atom stereocenters. The Labute approximate surface area is 125 Å². The van der Waals surface area contributed by atoms with Crippen LogP contribution in [0.5, 0.6) is 0 Å². The molecule has 20 heavy (non-hydrogen) atoms. The number of hydrogen-bond acceptors (Lipinski definition) is 2. The van der Waals surface area contributed by atoms with Crippen molar-refractivity contribution in [2.75, 3.05) is 0 Å². The number of aromatic amines is 1. The summed E-state index contributed by atoms with van der Waals surface area (Å²) in [5.74, 6) is 0. The molecule has 1 aromatic heterocycles. The Kier molecular flexibility index (Phi) is 3.24. The van der Waals surface area contributed by atoms with Gasteiger partial charge in [-0.3, -0.25) is 4.79 Å². The third kappa shape index (κ3) is 2.19. The quantitative estimate of drug-likeness (QED) is 0.732. The fourth-order valence-electron chi connectivity index (χ4n) is 2.23. The van der Waals surface area contributed by atoms with Crippen molar-refractivity contribution in [3.63, 3.8) is 0 Å². The van der Waals surface area contributed by atoms with Crippen LogP contribution < -0.4 is 5.56 Å². The first kappa shape index (κ1) is 13.2. The normalized spacial score (nSPS) is 10.9. The molecular formula is C15H10Cl2N2O. The molecule has 1 heterocycles. The Bertz CT molecular complexity index is 871. The minimum Gasteiger partial charge on any atom is -0.313 e. The van der Waals surface area contributed by atoms with Gasteiger partial charge in [-0.2, -0.15) is 0 Å². The number of nitrogens with zero attached hydrogens (tertiary/aromatic N) is 1. The summed E-state index contributed by atoms with van der Waals surface area (Å²) in [6, 6.07) is 9.14. The SMILES string of the molecule is Cc1cc(-c2ccc(Cl)c(Cl)c2)c2c(=O)[nH]cnc2c1. The fraction of sp³-hybridized carbons (Fsp3) is 0.0667. The van der Waals surface area contributed by atoms with Crippen LogP contribution in [-0.4, -0.2) is 9.97 Å². The predicted molar refractivity (Wildman–Crippen MR) is 82.6 cm³/mol. The van der Waals surface area contributed by atoms with Gasteiger partial charge in [0.25, 0.3) is 5.56 Å². The number of hydrogen-bond donors (Lipinski definition) is 1. The zero-order chi connectivity index (χ0) is 14.3. The molecule has 0 aliphatic carbocycles. The number of H-pyrrole nitrogens is 1. The number of aryl methyl sites for hydroxylation is 1. The largest absolute Gasteiger partial charge is 0.313 e. The standard InChI is InChI=1S/C15H10Cl2N2O/c1-8-4-10(9-2-3-11(16)12(17)6-9)14-13(5-8)18-7-19-15(14)20/h2-7H,1H3,(H,18,19,20). The van der Waals surface area contributed by atoms with E-state index in [0.717, 1.165) is 16.7 Å². The summed E-state index contributed by atoms with van der Waals surface area (Å²) >= 11 is 12.0. The van der Waals surface area contributed by atoms with Crippen molar-refractivity contribution in [1.29, 1.82) is 0 Å². The summed E-state index contributed by atoms with van der Waals surface area (Å²) in [5, 5.41) is 1.50. The van der Waals surface area contributed by atoms with E-state index < -0.39 is 0 Å². The molecule has 0 unspecified atom stereocenters. The summed E-state index contributed by atoms with van der Waals surface area (Å²) < 4.78 is 0. The maximum atomic E-state index is 12.1. The number of halogens is 2. The van der Waals surface area contributed by atoms with E-state index in [0.29, 0.717) is 20.9 Å². The van der Waals surface area contributed by atoms with E-state index in [9.17, 15) is 4.79 Å². The molecule has 5 heteroatoms. The van der Waals surface area contributed by atoms with E-state index in [4.69, 9.17) is 23.2 Å². The van der Waals surface area contributed by atoms with E-state index in [-0.39, 0.29) is 5.56 Å². The number of nitrogens with one attached hydrogen (secondary N) is 1. The van der Waals surface area contributed by atoms with Crippen LogP contribution in [-0.2, 0) is 0 Å². The van der Waals surface area contributed by atoms with Crippen LogP contribution in [0.2, 0.25) is 10.0 Å². The average molecular weight is 305 g/mol. The van der Waals surface area contributed by atoms with Crippen LogP contribution in [0.3, 0.4) is 0 Å². The van der Waals surface area contributed by atoms with Crippen LogP contribution in [0, 0.1) is 6.92 Å². The van der Waals surface area contributed by atoms with Crippen molar-refractivity contribution in [2.24, 2.45) is 0 Å². The van der Waals surface area contributed by atoms with E-state index in [1.165, 1.54) is 6.33 Å². The van der Waals surface area contributed by atoms with Crippen LogP contribution >= 0.6 is 23.2 Å². The highest BCUT2D eigenvalue weighted by atomic mass is 35.5. The second kappa shape index (κ2) is 4.93. The predicted octanol–water partition coefficient (Wildman–Crippen LogP) is 4.21. The molecule has 0 amide bonds. The Hall–Kier alpha value is -1.84. The van der Waals surface area contributed by atoms with Gasteiger partial charge in [-0.15, -0.1) is 0 Å². The van der Waals surface area contributed by atoms with E-state index in [1.807, 2.05) is 25.1 Å². The van der Waals surface area contributed by atoms with Crippen LogP contribution in [0.15, 0.2) is 41.5 Å². The van der Waals surface area contributed by atoms with E-state index in [1.54, 1.807) is 12.1 Å². The minimum atomic E-state index is -0.170. The molecule has 3 aromatic rings. The van der Waals surface area contributed by atoms with E-state index in [2.05, 4.69) is 9.97 Å². The Morgan fingerprint density at radius 1 is 1.10 bits per heavy atom. The molecule has 0 bridgehead atoms. The lowest BCUT2D eigenvalue weighted by Gasteiger charge is -2.08. The van der Waals surface area contributed by atoms with Gasteiger partial charge in [0.15, 0.2) is 0 Å². The minimum absolute atomic E-state index is 0.170. The molecule has 3 nitrogen and oxygen atoms in total. The Balaban J connectivity index is 2.40. The first-order chi connectivity index (χ1) is 9.56. The zero-order valence-corrected chi connectivity index (χ0v) is 12.1. The van der Waals surface area contributed by atoms with Crippen molar-refractivity contribution in [1.82, 2.24) is 9.97 Å². The summed E-state index contributed by atoms with van der Waals surface area (Å²) in [7, 11) is 0. The highest BCUT2D eigenvalue weighted by Crippen LogP contribution is 2.31. The van der Waals surface area contributed by atoms with Crippen molar-refractivity contribution < 1.29 is 0 Å². The summed E-state index contributed by atoms with van der Waals surface area (Å²) in [6.07, 6.45) is 1.41. The van der Waals surface area contributed by atoms with Crippen molar-refractivity contribution in [3.05, 3.63) is 62.6 Å². The highest BCUT2D eigenvalue weighted by molar-refractivity contribution is 6.42. The van der Waals surface area contributed by atoms with Gasteiger partial charge in [0.2, 0.25) is 0 Å². The van der Waals surface area contributed by atoms with Gasteiger partial charge in [-0.1, -0.05) is 35.3 Å². The maximum Gasteiger partial charge on any atom is 0.259 e. The van der Waals surface area contributed by atoms with Gasteiger partial charge in [0.1, 0.15) is 0 Å². The summed E-state index contributed by atoms with van der Waals surface area (Å²) in [5.41, 5.74) is 3.15. The average Bonchev–Trinajstić information content (AvgIpc) is 2.41. The maximum absolute atomic E-state index is 12.1. The van der Waals surface area contributed by atoms with Gasteiger partial charge >= 0.3 is 0 Å². The van der Waals surface area contributed by atoms with Gasteiger partial charge in [-0.05, 0) is 41.8 Å². The second-order valence-electron chi connectivity index (χ2n) is 4.57. The first-order valence-corrected chi connectivity index (χ1v) is 6.75. The fourth-order valence-corrected chi connectivity index (χ4v) is 2.53. The number of fused-ring (bicyclic) bond motifs is 1. The first-order valence-electron chi connectivity index (χ1n) is 6.00. The number of aromatic nitrogens is 2. The summed E-state index contributed by atoms with van der Waals surface area (Å²) in [4.78, 5) is 18.9. The lowest BCUT2D eigenvalue weighted by atomic mass is 9.99. The number of rotatable bonds is 1. The monoisotopic (exact) mass is 304 g/mol. The van der Waals surface area contributed by atoms with Crippen molar-refractivity contribution in [2.45, 2.75) is 6.92 Å². The molecule has 0 spiro atoms. The van der Waals surface area contributed by atoms with Gasteiger partial charge in [-0.25, -0.2) is 4.98 Å². The van der Waals surface area contributed by atoms with Crippen LogP contribution in [0.1, 0.15) is 5.56 Å². The Morgan fingerprint density at radius 2 is 1.90 bits per heavy atom. The third-order valence-electron chi connectivity index (χ3n) is 3.12. The molecule has 3 rings (SSSR count). The molecule has 1 N–H and O–H groups in total. The van der Waals surface area contributed by atoms with Crippen molar-refractivity contribution in [3.8, 4) is 11.1 Å². The lowest BCUT2D eigenvalue weighted by molar-refractivity contribution is 1.17. The molecule has 0 aliphatic rings. The third-order valence-corrected chi connectivity index (χ3v) is 3.86. The van der Waals surface area contributed by atoms with Crippen LogP contribution in [0.25, 0.3) is 22.0 Å². The van der Waals surface area contributed by atoms with Crippen molar-refractivity contribution >= 4 is 34.1 Å². The van der Waals surface area contributed by atoms with Gasteiger partial charge < -0.3 is 4.98 Å². The topological polar surface area (TPSA) is 45.8 Å². The molecule has 0 saturated carbocycles. The van der Waals surface area contributed by atoms with Crippen LogP contribution in [0.4, 0.5) is 0 Å². The van der Waals surface area contributed by atoms with Gasteiger partial charge in [0.05, 0.1) is 27.3 Å². The molecule has 0 aliphatic heterocycles. The van der Waals surface area contributed by atoms with E-state index >= 15 is 0 Å². The molecule has 0 radical (unpaired) electrons. The van der Waals surface area contributed by atoms with Gasteiger partial charge in [0, 0.05) is 0 Å². The molecular weight excluding hydrogens is 295 g/mol. The second-order valence-corrected chi connectivity index (χ2v) is 5.38.